The highest BCUT2D eigenvalue weighted by Gasteiger charge is 2.31. The number of carbonyl (C=O) groups is 1. The molecule has 1 N–H and O–H groups in total. The van der Waals surface area contributed by atoms with Gasteiger partial charge in [-0.2, -0.15) is 5.10 Å². The van der Waals surface area contributed by atoms with E-state index < -0.39 is 0 Å². The molecule has 0 aliphatic carbocycles. The predicted molar refractivity (Wildman–Crippen MR) is 98.7 cm³/mol. The van der Waals surface area contributed by atoms with Gasteiger partial charge in [0.1, 0.15) is 5.56 Å². The maximum atomic E-state index is 12.8. The lowest BCUT2D eigenvalue weighted by Crippen LogP contribution is -2.54. The van der Waals surface area contributed by atoms with Crippen molar-refractivity contribution in [1.29, 1.82) is 0 Å². The van der Waals surface area contributed by atoms with Crippen LogP contribution in [0.3, 0.4) is 0 Å². The van der Waals surface area contributed by atoms with Crippen LogP contribution in [0.4, 0.5) is 0 Å². The van der Waals surface area contributed by atoms with Crippen LogP contribution in [0.15, 0.2) is 18.5 Å². The van der Waals surface area contributed by atoms with Gasteiger partial charge in [-0.1, -0.05) is 13.3 Å². The molecule has 2 aromatic heterocycles. The molecule has 1 atom stereocenters. The van der Waals surface area contributed by atoms with Crippen molar-refractivity contribution < 1.29 is 4.79 Å². The number of aromatic nitrogens is 3. The molecule has 136 valence electrons. The predicted octanol–water partition coefficient (Wildman–Crippen LogP) is 2.67. The quantitative estimate of drug-likeness (QED) is 0.907. The summed E-state index contributed by atoms with van der Waals surface area (Å²) in [6.07, 6.45) is 7.30. The minimum Gasteiger partial charge on any atom is -0.350 e. The molecule has 1 saturated heterocycles. The Bertz CT molecular complexity index is 751. The Kier molecular flexibility index (Phi) is 5.08. The smallest absolute Gasteiger partial charge is 0.257 e. The fourth-order valence-electron chi connectivity index (χ4n) is 3.71. The summed E-state index contributed by atoms with van der Waals surface area (Å²) >= 11 is 0. The van der Waals surface area contributed by atoms with Gasteiger partial charge in [0.15, 0.2) is 5.65 Å². The van der Waals surface area contributed by atoms with Gasteiger partial charge in [0.25, 0.3) is 5.91 Å². The Morgan fingerprint density at radius 1 is 1.44 bits per heavy atom. The highest BCUT2D eigenvalue weighted by Crippen LogP contribution is 2.25. The number of nitrogens with zero attached hydrogens (tertiary/aromatic N) is 4. The molecular formula is C19H29N5O. The molecule has 0 saturated carbocycles. The van der Waals surface area contributed by atoms with Crippen LogP contribution in [0.5, 0.6) is 0 Å². The fourth-order valence-corrected chi connectivity index (χ4v) is 3.71. The Morgan fingerprint density at radius 3 is 3.00 bits per heavy atom. The van der Waals surface area contributed by atoms with Gasteiger partial charge in [-0.05, 0) is 52.1 Å². The molecule has 0 bridgehead atoms. The van der Waals surface area contributed by atoms with Crippen LogP contribution in [0.1, 0.15) is 56.1 Å². The lowest BCUT2D eigenvalue weighted by molar-refractivity contribution is 0.0612. The SMILES string of the molecule is CC[C@H]1CCCN(C(C)(C)CNC(=O)c2c(C)nn3cccnc23)C1. The third-order valence-corrected chi connectivity index (χ3v) is 5.43. The second-order valence-electron chi connectivity index (χ2n) is 7.71. The van der Waals surface area contributed by atoms with Gasteiger partial charge < -0.3 is 5.32 Å². The number of carbonyl (C=O) groups excluding carboxylic acids is 1. The maximum Gasteiger partial charge on any atom is 0.257 e. The van der Waals surface area contributed by atoms with E-state index in [1.165, 1.54) is 19.3 Å². The first-order valence-corrected chi connectivity index (χ1v) is 9.25. The summed E-state index contributed by atoms with van der Waals surface area (Å²) in [5, 5.41) is 7.49. The zero-order valence-corrected chi connectivity index (χ0v) is 15.7. The van der Waals surface area contributed by atoms with E-state index in [4.69, 9.17) is 0 Å². The van der Waals surface area contributed by atoms with Crippen molar-refractivity contribution in [3.8, 4) is 0 Å². The highest BCUT2D eigenvalue weighted by atomic mass is 16.1. The average molecular weight is 343 g/mol. The van der Waals surface area contributed by atoms with Crippen LogP contribution in [0, 0.1) is 12.8 Å². The summed E-state index contributed by atoms with van der Waals surface area (Å²) in [6.45, 7) is 11.4. The number of amides is 1. The monoisotopic (exact) mass is 343 g/mol. The van der Waals surface area contributed by atoms with E-state index in [0.29, 0.717) is 23.4 Å². The molecule has 1 aliphatic heterocycles. The first kappa shape index (κ1) is 17.9. The summed E-state index contributed by atoms with van der Waals surface area (Å²) in [6, 6.07) is 1.81. The second-order valence-corrected chi connectivity index (χ2v) is 7.71. The molecule has 25 heavy (non-hydrogen) atoms. The van der Waals surface area contributed by atoms with Gasteiger partial charge >= 0.3 is 0 Å². The lowest BCUT2D eigenvalue weighted by Gasteiger charge is -2.43. The normalized spacial score (nSPS) is 19.3. The Balaban J connectivity index is 1.69. The number of likely N-dealkylation sites (tertiary alicyclic amines) is 1. The molecule has 3 heterocycles. The second kappa shape index (κ2) is 7.12. The Morgan fingerprint density at radius 2 is 2.24 bits per heavy atom. The van der Waals surface area contributed by atoms with E-state index in [1.54, 1.807) is 10.7 Å². The number of rotatable bonds is 5. The highest BCUT2D eigenvalue weighted by molar-refractivity contribution is 6.01. The van der Waals surface area contributed by atoms with Crippen molar-refractivity contribution in [2.45, 2.75) is 52.5 Å². The summed E-state index contributed by atoms with van der Waals surface area (Å²) in [5.41, 5.74) is 1.83. The molecule has 2 aromatic rings. The molecule has 0 spiro atoms. The van der Waals surface area contributed by atoms with Crippen LogP contribution in [-0.2, 0) is 0 Å². The molecule has 0 aromatic carbocycles. The van der Waals surface area contributed by atoms with Gasteiger partial charge in [0, 0.05) is 31.0 Å². The molecule has 3 rings (SSSR count). The van der Waals surface area contributed by atoms with E-state index in [0.717, 1.165) is 19.0 Å². The number of fused-ring (bicyclic) bond motifs is 1. The van der Waals surface area contributed by atoms with E-state index in [1.807, 2.05) is 19.2 Å². The van der Waals surface area contributed by atoms with Crippen LogP contribution < -0.4 is 5.32 Å². The maximum absolute atomic E-state index is 12.8. The van der Waals surface area contributed by atoms with Gasteiger partial charge in [-0.15, -0.1) is 0 Å². The van der Waals surface area contributed by atoms with E-state index in [-0.39, 0.29) is 11.4 Å². The third-order valence-electron chi connectivity index (χ3n) is 5.43. The van der Waals surface area contributed by atoms with Crippen LogP contribution >= 0.6 is 0 Å². The summed E-state index contributed by atoms with van der Waals surface area (Å²) in [4.78, 5) is 19.6. The molecule has 0 unspecified atom stereocenters. The fraction of sp³-hybridized carbons (Fsp3) is 0.632. The zero-order valence-electron chi connectivity index (χ0n) is 15.7. The molecule has 0 radical (unpaired) electrons. The first-order chi connectivity index (χ1) is 11.9. The number of hydrogen-bond donors (Lipinski definition) is 1. The Hall–Kier alpha value is -1.95. The Labute approximate surface area is 149 Å². The number of nitrogens with one attached hydrogen (secondary N) is 1. The molecule has 1 aliphatic rings. The molecule has 1 fully saturated rings. The molecule has 6 heteroatoms. The molecule has 1 amide bonds. The van der Waals surface area contributed by atoms with Gasteiger partial charge in [-0.3, -0.25) is 9.69 Å². The minimum absolute atomic E-state index is 0.0617. The number of piperidine rings is 1. The summed E-state index contributed by atoms with van der Waals surface area (Å²) in [7, 11) is 0. The van der Waals surface area contributed by atoms with E-state index in [9.17, 15) is 4.79 Å². The molecular weight excluding hydrogens is 314 g/mol. The third kappa shape index (κ3) is 3.68. The average Bonchev–Trinajstić information content (AvgIpc) is 2.95. The standard InChI is InChI=1S/C19H29N5O/c1-5-15-8-6-10-23(12-15)19(3,4)13-21-18(25)16-14(2)22-24-11-7-9-20-17(16)24/h7,9,11,15H,5-6,8,10,12-13H2,1-4H3,(H,21,25)/t15-/m0/s1. The largest absolute Gasteiger partial charge is 0.350 e. The van der Waals surface area contributed by atoms with Gasteiger partial charge in [0.2, 0.25) is 0 Å². The minimum atomic E-state index is -0.0941. The van der Waals surface area contributed by atoms with Gasteiger partial charge in [0.05, 0.1) is 5.69 Å². The summed E-state index contributed by atoms with van der Waals surface area (Å²) in [5.74, 6) is 0.679. The van der Waals surface area contributed by atoms with E-state index >= 15 is 0 Å². The lowest BCUT2D eigenvalue weighted by atomic mass is 9.91. The zero-order chi connectivity index (χ0) is 18.0. The molecule has 6 nitrogen and oxygen atoms in total. The van der Waals surface area contributed by atoms with Crippen molar-refractivity contribution in [1.82, 2.24) is 24.8 Å². The van der Waals surface area contributed by atoms with Crippen LogP contribution in [0.2, 0.25) is 0 Å². The van der Waals surface area contributed by atoms with Crippen molar-refractivity contribution in [3.05, 3.63) is 29.7 Å². The van der Waals surface area contributed by atoms with Crippen molar-refractivity contribution in [2.75, 3.05) is 19.6 Å². The number of hydrogen-bond acceptors (Lipinski definition) is 4. The van der Waals surface area contributed by atoms with Gasteiger partial charge in [-0.25, -0.2) is 9.50 Å². The van der Waals surface area contributed by atoms with Crippen molar-refractivity contribution >= 4 is 11.6 Å². The van der Waals surface area contributed by atoms with Crippen LogP contribution in [-0.4, -0.2) is 50.6 Å². The van der Waals surface area contributed by atoms with Crippen LogP contribution in [0.25, 0.3) is 5.65 Å². The topological polar surface area (TPSA) is 62.5 Å². The number of aryl methyl sites for hydroxylation is 1. The summed E-state index contributed by atoms with van der Waals surface area (Å²) < 4.78 is 1.66. The van der Waals surface area contributed by atoms with Crippen molar-refractivity contribution in [2.24, 2.45) is 5.92 Å². The van der Waals surface area contributed by atoms with E-state index in [2.05, 4.69) is 41.1 Å². The van der Waals surface area contributed by atoms with Crippen molar-refractivity contribution in [3.63, 3.8) is 0 Å². The first-order valence-electron chi connectivity index (χ1n) is 9.25.